The van der Waals surface area contributed by atoms with Crippen LogP contribution >= 0.6 is 0 Å². The fourth-order valence-corrected chi connectivity index (χ4v) is 1.25. The zero-order chi connectivity index (χ0) is 9.52. The zero-order valence-electron chi connectivity index (χ0n) is 7.79. The van der Waals surface area contributed by atoms with E-state index in [0.29, 0.717) is 0 Å². The highest BCUT2D eigenvalue weighted by Crippen LogP contribution is 2.15. The van der Waals surface area contributed by atoms with Gasteiger partial charge in [0.2, 0.25) is 0 Å². The van der Waals surface area contributed by atoms with E-state index in [4.69, 9.17) is 0 Å². The first-order valence-electron chi connectivity index (χ1n) is 4.54. The van der Waals surface area contributed by atoms with Gasteiger partial charge >= 0.3 is 6.08 Å². The molecule has 1 rings (SSSR count). The first-order chi connectivity index (χ1) is 6.38. The Morgan fingerprint density at radius 3 is 2.85 bits per heavy atom. The molecule has 2 heteroatoms. The third-order valence-electron chi connectivity index (χ3n) is 1.96. The van der Waals surface area contributed by atoms with Gasteiger partial charge in [-0.25, -0.2) is 0 Å². The summed E-state index contributed by atoms with van der Waals surface area (Å²) in [6.07, 6.45) is 4.84. The van der Waals surface area contributed by atoms with Gasteiger partial charge in [-0.1, -0.05) is 31.5 Å². The fraction of sp³-hybridized carbons (Fsp3) is 0.364. The Balaban J connectivity index is 2.84. The van der Waals surface area contributed by atoms with Crippen molar-refractivity contribution in [2.24, 2.45) is 0 Å². The molecule has 0 aliphatic rings. The van der Waals surface area contributed by atoms with Crippen LogP contribution in [0.4, 0.5) is 5.69 Å². The molecule has 1 radical (unpaired) electrons. The Morgan fingerprint density at radius 1 is 1.38 bits per heavy atom. The van der Waals surface area contributed by atoms with Gasteiger partial charge in [-0.15, -0.1) is 0 Å². The van der Waals surface area contributed by atoms with Gasteiger partial charge in [0.05, 0.1) is 0 Å². The van der Waals surface area contributed by atoms with Gasteiger partial charge in [-0.3, -0.25) is 0 Å². The van der Waals surface area contributed by atoms with Crippen LogP contribution in [0.3, 0.4) is 0 Å². The molecular weight excluding hydrogens is 162 g/mol. The summed E-state index contributed by atoms with van der Waals surface area (Å²) in [7, 11) is 0. The van der Waals surface area contributed by atoms with E-state index < -0.39 is 0 Å². The molecule has 0 spiro atoms. The van der Waals surface area contributed by atoms with Gasteiger partial charge in [0.25, 0.3) is 5.69 Å². The Morgan fingerprint density at radius 2 is 2.15 bits per heavy atom. The van der Waals surface area contributed by atoms with Crippen molar-refractivity contribution >= 4 is 11.8 Å². The molecule has 0 saturated heterocycles. The van der Waals surface area contributed by atoms with Gasteiger partial charge in [-0.2, -0.15) is 4.79 Å². The van der Waals surface area contributed by atoms with Gasteiger partial charge < -0.3 is 0 Å². The molecule has 0 fully saturated rings. The van der Waals surface area contributed by atoms with Crippen molar-refractivity contribution in [1.29, 1.82) is 0 Å². The molecule has 67 valence electrons. The number of carbonyl (C=O) groups excluding carboxylic acids is 1. The van der Waals surface area contributed by atoms with Crippen molar-refractivity contribution in [3.8, 4) is 0 Å². The average molecular weight is 175 g/mol. The molecule has 0 aliphatic carbocycles. The predicted octanol–water partition coefficient (Wildman–Crippen LogP) is 2.33. The highest BCUT2D eigenvalue weighted by atomic mass is 16.1. The quantitative estimate of drug-likeness (QED) is 0.510. The molecule has 0 aliphatic heterocycles. The summed E-state index contributed by atoms with van der Waals surface area (Å²) >= 11 is 0. The lowest BCUT2D eigenvalue weighted by Crippen LogP contribution is -1.89. The Hall–Kier alpha value is -1.40. The molecule has 0 atom stereocenters. The molecule has 0 unspecified atom stereocenters. The second-order valence-electron chi connectivity index (χ2n) is 2.94. The maximum atomic E-state index is 10.1. The molecule has 0 amide bonds. The standard InChI is InChI=1S/C11H13NO/c1-2-3-6-10-7-4-5-8-11(10)12-9-13/h4-5,7-8H,2-3,6H2,1H3/q+1. The van der Waals surface area contributed by atoms with Crippen LogP contribution in [0.15, 0.2) is 24.3 Å². The Kier molecular flexibility index (Phi) is 3.94. The minimum absolute atomic E-state index is 0.756. The Labute approximate surface area is 78.3 Å². The van der Waals surface area contributed by atoms with E-state index in [9.17, 15) is 4.79 Å². The number of para-hydroxylation sites is 1. The maximum Gasteiger partial charge on any atom is 0.504 e. The minimum Gasteiger partial charge on any atom is -0.154 e. The maximum absolute atomic E-state index is 10.1. The molecule has 0 heterocycles. The van der Waals surface area contributed by atoms with E-state index in [1.807, 2.05) is 24.3 Å². The number of benzene rings is 1. The summed E-state index contributed by atoms with van der Waals surface area (Å²) in [5, 5.41) is 0. The van der Waals surface area contributed by atoms with E-state index >= 15 is 0 Å². The molecule has 0 bridgehead atoms. The summed E-state index contributed by atoms with van der Waals surface area (Å²) in [4.78, 5) is 13.8. The highest BCUT2D eigenvalue weighted by Gasteiger charge is 2.09. The van der Waals surface area contributed by atoms with Crippen LogP contribution in [0.2, 0.25) is 0 Å². The van der Waals surface area contributed by atoms with Crippen molar-refractivity contribution in [3.63, 3.8) is 0 Å². The third-order valence-corrected chi connectivity index (χ3v) is 1.96. The van der Waals surface area contributed by atoms with Gasteiger partial charge in [0, 0.05) is 11.6 Å². The van der Waals surface area contributed by atoms with Gasteiger partial charge in [-0.05, 0) is 12.8 Å². The summed E-state index contributed by atoms with van der Waals surface area (Å²) < 4.78 is 0. The number of rotatable bonds is 4. The molecule has 0 saturated carbocycles. The van der Waals surface area contributed by atoms with Crippen LogP contribution in [0.1, 0.15) is 25.3 Å². The number of aliphatic imine (C=N–C) groups is 1. The summed E-state index contributed by atoms with van der Waals surface area (Å²) in [5.74, 6) is 0. The first kappa shape index (κ1) is 9.69. The Bertz CT molecular complexity index is 314. The number of aryl methyl sites for hydroxylation is 1. The monoisotopic (exact) mass is 175 g/mol. The van der Waals surface area contributed by atoms with E-state index in [1.54, 1.807) is 6.08 Å². The largest absolute Gasteiger partial charge is 0.504 e. The van der Waals surface area contributed by atoms with Crippen LogP contribution < -0.4 is 4.99 Å². The number of hydrogen-bond donors (Lipinski definition) is 0. The average Bonchev–Trinajstić information content (AvgIpc) is 2.17. The van der Waals surface area contributed by atoms with E-state index in [-0.39, 0.29) is 0 Å². The summed E-state index contributed by atoms with van der Waals surface area (Å²) in [5.41, 5.74) is 1.89. The molecule has 0 N–H and O–H groups in total. The smallest absolute Gasteiger partial charge is 0.154 e. The molecule has 2 nitrogen and oxygen atoms in total. The topological polar surface area (TPSA) is 31.2 Å². The molecule has 1 aromatic carbocycles. The SMILES string of the molecule is CCCCc1ccccc1[N+]=C=O. The van der Waals surface area contributed by atoms with Crippen molar-refractivity contribution in [1.82, 2.24) is 4.99 Å². The number of isocyanates is 1. The van der Waals surface area contributed by atoms with E-state index in [0.717, 1.165) is 30.5 Å². The predicted molar refractivity (Wildman–Crippen MR) is 52.5 cm³/mol. The second kappa shape index (κ2) is 5.28. The summed E-state index contributed by atoms with van der Waals surface area (Å²) in [6.45, 7) is 2.14. The van der Waals surface area contributed by atoms with Crippen LogP contribution in [0.25, 0.3) is 0 Å². The zero-order valence-corrected chi connectivity index (χ0v) is 7.79. The van der Waals surface area contributed by atoms with Crippen LogP contribution in [0.5, 0.6) is 0 Å². The third kappa shape index (κ3) is 2.85. The lowest BCUT2D eigenvalue weighted by atomic mass is 10.1. The van der Waals surface area contributed by atoms with Gasteiger partial charge in [0.15, 0.2) is 4.99 Å². The molecule has 13 heavy (non-hydrogen) atoms. The van der Waals surface area contributed by atoms with Crippen molar-refractivity contribution in [3.05, 3.63) is 29.8 Å². The first-order valence-corrected chi connectivity index (χ1v) is 4.54. The van der Waals surface area contributed by atoms with Gasteiger partial charge in [0.1, 0.15) is 0 Å². The highest BCUT2D eigenvalue weighted by molar-refractivity contribution is 5.51. The second-order valence-corrected chi connectivity index (χ2v) is 2.94. The van der Waals surface area contributed by atoms with Crippen LogP contribution in [0, 0.1) is 0 Å². The van der Waals surface area contributed by atoms with Crippen molar-refractivity contribution in [2.45, 2.75) is 26.2 Å². The minimum atomic E-state index is 0.756. The van der Waals surface area contributed by atoms with Crippen LogP contribution in [-0.2, 0) is 11.2 Å². The normalized spacial score (nSPS) is 9.31. The lowest BCUT2D eigenvalue weighted by Gasteiger charge is -1.95. The number of nitrogens with zero attached hydrogens (tertiary/aromatic N) is 1. The van der Waals surface area contributed by atoms with E-state index in [1.165, 1.54) is 0 Å². The fourth-order valence-electron chi connectivity index (χ4n) is 1.25. The van der Waals surface area contributed by atoms with E-state index in [2.05, 4.69) is 11.9 Å². The molecule has 1 aromatic rings. The number of unbranched alkanes of at least 4 members (excludes halogenated alkanes) is 1. The van der Waals surface area contributed by atoms with Crippen molar-refractivity contribution in [2.75, 3.05) is 0 Å². The summed E-state index contributed by atoms with van der Waals surface area (Å²) in [6, 6.07) is 7.70. The number of hydrogen-bond acceptors (Lipinski definition) is 2. The lowest BCUT2D eigenvalue weighted by molar-refractivity contribution is 0.563. The van der Waals surface area contributed by atoms with Crippen molar-refractivity contribution < 1.29 is 4.79 Å². The molecule has 0 aromatic heterocycles. The van der Waals surface area contributed by atoms with Crippen LogP contribution in [-0.4, -0.2) is 6.08 Å². The molecular formula is C11H13NO+.